The highest BCUT2D eigenvalue weighted by Gasteiger charge is 2.23. The molecule has 22 heavy (non-hydrogen) atoms. The number of carbonyl (C=O) groups excluding carboxylic acids is 1. The Labute approximate surface area is 139 Å². The summed E-state index contributed by atoms with van der Waals surface area (Å²) in [5, 5.41) is 0. The van der Waals surface area contributed by atoms with E-state index in [4.69, 9.17) is 10.5 Å². The smallest absolute Gasteiger partial charge is 0.226 e. The molecule has 1 aliphatic rings. The van der Waals surface area contributed by atoms with E-state index in [1.165, 1.54) is 0 Å². The van der Waals surface area contributed by atoms with E-state index in [0.717, 1.165) is 43.8 Å². The van der Waals surface area contributed by atoms with Gasteiger partial charge in [0.25, 0.3) is 0 Å². The van der Waals surface area contributed by atoms with Crippen LogP contribution in [0, 0.1) is 5.92 Å². The molecule has 0 aromatic heterocycles. The van der Waals surface area contributed by atoms with Gasteiger partial charge in [-0.1, -0.05) is 26.0 Å². The fourth-order valence-electron chi connectivity index (χ4n) is 2.52. The van der Waals surface area contributed by atoms with Crippen LogP contribution in [-0.4, -0.2) is 36.6 Å². The van der Waals surface area contributed by atoms with Crippen molar-refractivity contribution in [2.24, 2.45) is 5.92 Å². The van der Waals surface area contributed by atoms with Crippen molar-refractivity contribution in [1.82, 2.24) is 4.90 Å². The molecule has 2 rings (SSSR count). The minimum absolute atomic E-state index is 0. The fraction of sp³-hybridized carbons (Fsp3) is 0.588. The number of piperidine rings is 1. The minimum atomic E-state index is 0. The number of halogens is 1. The predicted octanol–water partition coefficient (Wildman–Crippen LogP) is 2.90. The maximum absolute atomic E-state index is 12.3. The molecule has 0 spiro atoms. The van der Waals surface area contributed by atoms with Gasteiger partial charge in [0, 0.05) is 25.4 Å². The van der Waals surface area contributed by atoms with E-state index in [0.29, 0.717) is 18.4 Å². The third kappa shape index (κ3) is 5.85. The summed E-state index contributed by atoms with van der Waals surface area (Å²) < 4.78 is 5.85. The highest BCUT2D eigenvalue weighted by molar-refractivity contribution is 5.85. The molecule has 5 heteroatoms. The topological polar surface area (TPSA) is 55.6 Å². The Morgan fingerprint density at radius 2 is 1.86 bits per heavy atom. The summed E-state index contributed by atoms with van der Waals surface area (Å²) in [7, 11) is 0. The van der Waals surface area contributed by atoms with Crippen molar-refractivity contribution in [3.8, 4) is 0 Å². The lowest BCUT2D eigenvalue weighted by atomic mass is 10.1. The number of rotatable bonds is 5. The number of benzene rings is 1. The quantitative estimate of drug-likeness (QED) is 0.846. The molecule has 1 aromatic carbocycles. The number of nitrogens with zero attached hydrogens (tertiary/aromatic N) is 1. The molecule has 0 unspecified atom stereocenters. The van der Waals surface area contributed by atoms with Crippen molar-refractivity contribution >= 4 is 24.0 Å². The van der Waals surface area contributed by atoms with Gasteiger partial charge >= 0.3 is 0 Å². The van der Waals surface area contributed by atoms with E-state index in [9.17, 15) is 4.79 Å². The molecule has 4 nitrogen and oxygen atoms in total. The van der Waals surface area contributed by atoms with Crippen LogP contribution < -0.4 is 5.73 Å². The largest absolute Gasteiger partial charge is 0.399 e. The van der Waals surface area contributed by atoms with Gasteiger partial charge in [-0.3, -0.25) is 4.79 Å². The molecule has 1 saturated heterocycles. The van der Waals surface area contributed by atoms with Gasteiger partial charge in [-0.05, 0) is 36.5 Å². The van der Waals surface area contributed by atoms with Crippen molar-refractivity contribution in [1.29, 1.82) is 0 Å². The average molecular weight is 327 g/mol. The lowest BCUT2D eigenvalue weighted by molar-refractivity contribution is -0.133. The molecule has 1 amide bonds. The number of ether oxygens (including phenoxy) is 1. The van der Waals surface area contributed by atoms with Gasteiger partial charge in [0.2, 0.25) is 5.91 Å². The Kier molecular flexibility index (Phi) is 7.69. The zero-order valence-corrected chi connectivity index (χ0v) is 14.3. The third-order valence-corrected chi connectivity index (χ3v) is 3.80. The molecule has 1 aliphatic heterocycles. The summed E-state index contributed by atoms with van der Waals surface area (Å²) >= 11 is 0. The van der Waals surface area contributed by atoms with Crippen molar-refractivity contribution in [2.75, 3.05) is 25.4 Å². The van der Waals surface area contributed by atoms with Gasteiger partial charge in [-0.15, -0.1) is 12.4 Å². The molecule has 1 heterocycles. The lowest BCUT2D eigenvalue weighted by Gasteiger charge is -2.32. The monoisotopic (exact) mass is 326 g/mol. The number of anilines is 1. The lowest BCUT2D eigenvalue weighted by Crippen LogP contribution is -2.41. The standard InChI is InChI=1S/C17H26N2O2.ClH/c1-13(2)12-21-16-7-9-19(10-8-16)17(20)11-14-3-5-15(18)6-4-14;/h3-6,13,16H,7-12,18H2,1-2H3;1H. The van der Waals surface area contributed by atoms with Crippen LogP contribution in [-0.2, 0) is 16.0 Å². The number of nitrogens with two attached hydrogens (primary N) is 1. The number of likely N-dealkylation sites (tertiary alicyclic amines) is 1. The molecule has 0 bridgehead atoms. The Morgan fingerprint density at radius 3 is 2.41 bits per heavy atom. The van der Waals surface area contributed by atoms with E-state index >= 15 is 0 Å². The molecule has 0 atom stereocenters. The summed E-state index contributed by atoms with van der Waals surface area (Å²) in [6, 6.07) is 7.53. The van der Waals surface area contributed by atoms with Gasteiger partial charge in [0.05, 0.1) is 12.5 Å². The second kappa shape index (κ2) is 9.01. The molecule has 124 valence electrons. The number of hydrogen-bond donors (Lipinski definition) is 1. The fourth-order valence-corrected chi connectivity index (χ4v) is 2.52. The summed E-state index contributed by atoms with van der Waals surface area (Å²) in [6.45, 7) is 6.73. The maximum atomic E-state index is 12.3. The van der Waals surface area contributed by atoms with Crippen molar-refractivity contribution < 1.29 is 9.53 Å². The third-order valence-electron chi connectivity index (χ3n) is 3.80. The summed E-state index contributed by atoms with van der Waals surface area (Å²) in [5.41, 5.74) is 7.41. The Balaban J connectivity index is 0.00000242. The first-order chi connectivity index (χ1) is 10.0. The molecular weight excluding hydrogens is 300 g/mol. The van der Waals surface area contributed by atoms with Crippen molar-refractivity contribution in [3.05, 3.63) is 29.8 Å². The number of nitrogen functional groups attached to an aromatic ring is 1. The second-order valence-corrected chi connectivity index (χ2v) is 6.23. The van der Waals surface area contributed by atoms with Crippen molar-refractivity contribution in [3.63, 3.8) is 0 Å². The van der Waals surface area contributed by atoms with Gasteiger partial charge in [0.1, 0.15) is 0 Å². The summed E-state index contributed by atoms with van der Waals surface area (Å²) in [6.07, 6.45) is 2.66. The first kappa shape index (κ1) is 18.8. The summed E-state index contributed by atoms with van der Waals surface area (Å²) in [4.78, 5) is 14.2. The van der Waals surface area contributed by atoms with Crippen LogP contribution >= 0.6 is 12.4 Å². The molecular formula is C17H27ClN2O2. The van der Waals surface area contributed by atoms with Gasteiger partial charge in [-0.25, -0.2) is 0 Å². The molecule has 0 aliphatic carbocycles. The predicted molar refractivity (Wildman–Crippen MR) is 92.2 cm³/mol. The van der Waals surface area contributed by atoms with Crippen LogP contribution in [0.3, 0.4) is 0 Å². The van der Waals surface area contributed by atoms with Crippen LogP contribution in [0.2, 0.25) is 0 Å². The second-order valence-electron chi connectivity index (χ2n) is 6.23. The average Bonchev–Trinajstić information content (AvgIpc) is 2.48. The minimum Gasteiger partial charge on any atom is -0.399 e. The Hall–Kier alpha value is -1.26. The number of hydrogen-bond acceptors (Lipinski definition) is 3. The number of carbonyl (C=O) groups is 1. The van der Waals surface area contributed by atoms with Crippen LogP contribution in [0.5, 0.6) is 0 Å². The summed E-state index contributed by atoms with van der Waals surface area (Å²) in [5.74, 6) is 0.761. The van der Waals surface area contributed by atoms with Gasteiger partial charge < -0.3 is 15.4 Å². The molecule has 1 fully saturated rings. The maximum Gasteiger partial charge on any atom is 0.226 e. The highest BCUT2D eigenvalue weighted by atomic mass is 35.5. The van der Waals surface area contributed by atoms with E-state index in [2.05, 4.69) is 13.8 Å². The van der Waals surface area contributed by atoms with Crippen LogP contribution in [0.4, 0.5) is 5.69 Å². The van der Waals surface area contributed by atoms with Crippen LogP contribution in [0.1, 0.15) is 32.3 Å². The van der Waals surface area contributed by atoms with E-state index in [-0.39, 0.29) is 18.3 Å². The molecule has 2 N–H and O–H groups in total. The highest BCUT2D eigenvalue weighted by Crippen LogP contribution is 2.16. The molecule has 0 saturated carbocycles. The van der Waals surface area contributed by atoms with Gasteiger partial charge in [-0.2, -0.15) is 0 Å². The Morgan fingerprint density at radius 1 is 1.27 bits per heavy atom. The van der Waals surface area contributed by atoms with Crippen LogP contribution in [0.15, 0.2) is 24.3 Å². The molecule has 1 aromatic rings. The SMILES string of the molecule is CC(C)COC1CCN(C(=O)Cc2ccc(N)cc2)CC1.Cl. The normalized spacial score (nSPS) is 15.7. The van der Waals surface area contributed by atoms with E-state index in [1.807, 2.05) is 29.2 Å². The Bertz CT molecular complexity index is 454. The van der Waals surface area contributed by atoms with E-state index < -0.39 is 0 Å². The first-order valence-corrected chi connectivity index (χ1v) is 7.78. The zero-order chi connectivity index (χ0) is 15.2. The number of amides is 1. The van der Waals surface area contributed by atoms with Gasteiger partial charge in [0.15, 0.2) is 0 Å². The molecule has 0 radical (unpaired) electrons. The van der Waals surface area contributed by atoms with Crippen LogP contribution in [0.25, 0.3) is 0 Å². The van der Waals surface area contributed by atoms with Crippen molar-refractivity contribution in [2.45, 2.75) is 39.2 Å². The first-order valence-electron chi connectivity index (χ1n) is 7.78. The van der Waals surface area contributed by atoms with E-state index in [1.54, 1.807) is 0 Å². The zero-order valence-electron chi connectivity index (χ0n) is 13.5.